The van der Waals surface area contributed by atoms with Crippen LogP contribution in [0.4, 0.5) is 0 Å². The zero-order chi connectivity index (χ0) is 13.4. The van der Waals surface area contributed by atoms with Crippen molar-refractivity contribution in [1.82, 2.24) is 0 Å². The lowest BCUT2D eigenvalue weighted by Gasteiger charge is -2.34. The van der Waals surface area contributed by atoms with Gasteiger partial charge in [0.15, 0.2) is 0 Å². The summed E-state index contributed by atoms with van der Waals surface area (Å²) in [6.45, 7) is 9.57. The number of hydrogen-bond acceptors (Lipinski definition) is 2. The maximum Gasteiger partial charge on any atom is 0.0680 e. The molecule has 0 saturated heterocycles. The lowest BCUT2D eigenvalue weighted by Crippen LogP contribution is -2.41. The van der Waals surface area contributed by atoms with Gasteiger partial charge in [-0.05, 0) is 44.7 Å². The largest absolute Gasteiger partial charge is 0.375 e. The van der Waals surface area contributed by atoms with Crippen molar-refractivity contribution < 1.29 is 4.74 Å². The van der Waals surface area contributed by atoms with Gasteiger partial charge in [0.1, 0.15) is 0 Å². The molecule has 0 aromatic carbocycles. The Kier molecular flexibility index (Phi) is 8.63. The van der Waals surface area contributed by atoms with Gasteiger partial charge in [0.2, 0.25) is 0 Å². The normalized spacial score (nSPS) is 13.1. The second kappa shape index (κ2) is 8.45. The Bertz CT molecular complexity index is 189. The first-order valence-corrected chi connectivity index (χ1v) is 7.96. The summed E-state index contributed by atoms with van der Waals surface area (Å²) in [6.07, 6.45) is 7.45. The van der Waals surface area contributed by atoms with Crippen LogP contribution in [-0.4, -0.2) is 23.9 Å². The van der Waals surface area contributed by atoms with Crippen molar-refractivity contribution in [1.29, 1.82) is 0 Å². The molecule has 17 heavy (non-hydrogen) atoms. The molecule has 0 aromatic rings. The summed E-state index contributed by atoms with van der Waals surface area (Å²) in [7, 11) is 2.80. The second-order valence-electron chi connectivity index (χ2n) is 5.10. The Morgan fingerprint density at radius 2 is 1.47 bits per heavy atom. The van der Waals surface area contributed by atoms with E-state index in [1.807, 2.05) is 0 Å². The molecule has 0 fully saturated rings. The van der Waals surface area contributed by atoms with Gasteiger partial charge >= 0.3 is 0 Å². The van der Waals surface area contributed by atoms with E-state index in [9.17, 15) is 0 Å². The molecular formula is C14H32NOP. The molecule has 0 aliphatic carbocycles. The Balaban J connectivity index is 4.22. The molecule has 0 bridgehead atoms. The molecule has 2 nitrogen and oxygen atoms in total. The minimum atomic E-state index is -0.0335. The van der Waals surface area contributed by atoms with E-state index in [2.05, 4.69) is 36.9 Å². The Morgan fingerprint density at radius 3 is 1.82 bits per heavy atom. The maximum absolute atomic E-state index is 6.30. The predicted octanol–water partition coefficient (Wildman–Crippen LogP) is 3.73. The van der Waals surface area contributed by atoms with Crippen molar-refractivity contribution in [2.45, 2.75) is 77.4 Å². The monoisotopic (exact) mass is 261 g/mol. The highest BCUT2D eigenvalue weighted by Crippen LogP contribution is 2.27. The summed E-state index contributed by atoms with van der Waals surface area (Å²) in [5, 5.41) is 0. The minimum absolute atomic E-state index is 0.0335. The van der Waals surface area contributed by atoms with E-state index < -0.39 is 0 Å². The molecule has 0 spiro atoms. The van der Waals surface area contributed by atoms with Crippen LogP contribution in [0.1, 0.15) is 66.2 Å². The van der Waals surface area contributed by atoms with Crippen molar-refractivity contribution in [3.63, 3.8) is 0 Å². The van der Waals surface area contributed by atoms with Gasteiger partial charge in [0, 0.05) is 12.1 Å². The second-order valence-corrected chi connectivity index (χ2v) is 5.67. The quantitative estimate of drug-likeness (QED) is 0.608. The third-order valence-corrected chi connectivity index (χ3v) is 4.59. The molecule has 0 aliphatic heterocycles. The van der Waals surface area contributed by atoms with E-state index in [1.165, 1.54) is 0 Å². The standard InChI is InChI=1S/C14H32NOP/c1-5-13(15,6-2)9-11-16-14(7-3,8-4)10-12-17/h5-12,15,17H2,1-4H3. The van der Waals surface area contributed by atoms with Gasteiger partial charge < -0.3 is 10.5 Å². The van der Waals surface area contributed by atoms with Crippen molar-refractivity contribution >= 4 is 9.24 Å². The molecule has 3 heteroatoms. The summed E-state index contributed by atoms with van der Waals surface area (Å²) in [4.78, 5) is 0. The number of nitrogens with two attached hydrogens (primary N) is 1. The molecule has 0 amide bonds. The highest BCUT2D eigenvalue weighted by molar-refractivity contribution is 7.16. The fourth-order valence-electron chi connectivity index (χ4n) is 2.22. The molecular weight excluding hydrogens is 229 g/mol. The van der Waals surface area contributed by atoms with Gasteiger partial charge in [-0.15, -0.1) is 9.24 Å². The van der Waals surface area contributed by atoms with E-state index >= 15 is 0 Å². The van der Waals surface area contributed by atoms with E-state index in [-0.39, 0.29) is 11.1 Å². The molecule has 0 aliphatic rings. The first kappa shape index (κ1) is 17.4. The van der Waals surface area contributed by atoms with Crippen LogP contribution in [0.25, 0.3) is 0 Å². The summed E-state index contributed by atoms with van der Waals surface area (Å²) in [5.41, 5.74) is 6.34. The summed E-state index contributed by atoms with van der Waals surface area (Å²) < 4.78 is 6.17. The van der Waals surface area contributed by atoms with Crippen LogP contribution < -0.4 is 5.73 Å². The highest BCUT2D eigenvalue weighted by atomic mass is 31.0. The lowest BCUT2D eigenvalue weighted by atomic mass is 9.90. The van der Waals surface area contributed by atoms with Crippen LogP contribution in [0.15, 0.2) is 0 Å². The SMILES string of the molecule is CCC(N)(CC)CCOC(CC)(CC)CCP. The molecule has 1 atom stereocenters. The van der Waals surface area contributed by atoms with Crippen LogP contribution >= 0.6 is 9.24 Å². The van der Waals surface area contributed by atoms with Gasteiger partial charge in [-0.2, -0.15) is 0 Å². The lowest BCUT2D eigenvalue weighted by molar-refractivity contribution is -0.0595. The van der Waals surface area contributed by atoms with Gasteiger partial charge in [0.05, 0.1) is 5.60 Å². The average Bonchev–Trinajstić information content (AvgIpc) is 2.37. The van der Waals surface area contributed by atoms with E-state index in [4.69, 9.17) is 10.5 Å². The molecule has 0 heterocycles. The summed E-state index contributed by atoms with van der Waals surface area (Å²) in [6, 6.07) is 0. The molecule has 0 saturated carbocycles. The third kappa shape index (κ3) is 5.68. The molecule has 1 unspecified atom stereocenters. The van der Waals surface area contributed by atoms with E-state index in [1.54, 1.807) is 0 Å². The van der Waals surface area contributed by atoms with E-state index in [0.717, 1.165) is 51.3 Å². The van der Waals surface area contributed by atoms with Gasteiger partial charge in [-0.25, -0.2) is 0 Å². The van der Waals surface area contributed by atoms with Crippen LogP contribution in [0.3, 0.4) is 0 Å². The van der Waals surface area contributed by atoms with Crippen LogP contribution in [0.5, 0.6) is 0 Å². The van der Waals surface area contributed by atoms with E-state index in [0.29, 0.717) is 0 Å². The maximum atomic E-state index is 6.30. The number of ether oxygens (including phenoxy) is 1. The fraction of sp³-hybridized carbons (Fsp3) is 1.00. The third-order valence-electron chi connectivity index (χ3n) is 4.31. The topological polar surface area (TPSA) is 35.2 Å². The van der Waals surface area contributed by atoms with Crippen molar-refractivity contribution in [2.24, 2.45) is 5.73 Å². The smallest absolute Gasteiger partial charge is 0.0680 e. The average molecular weight is 261 g/mol. The first-order valence-electron chi connectivity index (χ1n) is 7.14. The fourth-order valence-corrected chi connectivity index (χ4v) is 2.74. The minimum Gasteiger partial charge on any atom is -0.375 e. The molecule has 2 N–H and O–H groups in total. The first-order chi connectivity index (χ1) is 8.01. The van der Waals surface area contributed by atoms with Gasteiger partial charge in [-0.3, -0.25) is 0 Å². The van der Waals surface area contributed by atoms with Crippen molar-refractivity contribution in [2.75, 3.05) is 12.8 Å². The molecule has 0 radical (unpaired) electrons. The number of hydrogen-bond donors (Lipinski definition) is 1. The molecule has 0 rings (SSSR count). The van der Waals surface area contributed by atoms with Crippen LogP contribution in [-0.2, 0) is 4.74 Å². The van der Waals surface area contributed by atoms with Crippen molar-refractivity contribution in [3.8, 4) is 0 Å². The Hall–Kier alpha value is 0.350. The number of rotatable bonds is 10. The Morgan fingerprint density at radius 1 is 0.941 bits per heavy atom. The Labute approximate surface area is 110 Å². The summed E-state index contributed by atoms with van der Waals surface area (Å²) in [5.74, 6) is 0. The van der Waals surface area contributed by atoms with Gasteiger partial charge in [-0.1, -0.05) is 27.7 Å². The molecule has 0 aromatic heterocycles. The zero-order valence-corrected chi connectivity index (χ0v) is 13.4. The zero-order valence-electron chi connectivity index (χ0n) is 12.2. The highest BCUT2D eigenvalue weighted by Gasteiger charge is 2.27. The molecule has 104 valence electrons. The van der Waals surface area contributed by atoms with Crippen LogP contribution in [0, 0.1) is 0 Å². The van der Waals surface area contributed by atoms with Crippen molar-refractivity contribution in [3.05, 3.63) is 0 Å². The van der Waals surface area contributed by atoms with Gasteiger partial charge in [0.25, 0.3) is 0 Å². The summed E-state index contributed by atoms with van der Waals surface area (Å²) >= 11 is 0. The van der Waals surface area contributed by atoms with Crippen LogP contribution in [0.2, 0.25) is 0 Å². The predicted molar refractivity (Wildman–Crippen MR) is 80.6 cm³/mol.